The van der Waals surface area contributed by atoms with Gasteiger partial charge in [0, 0.05) is 5.56 Å². The molecule has 0 aliphatic carbocycles. The van der Waals surface area contributed by atoms with E-state index in [-0.39, 0.29) is 0 Å². The van der Waals surface area contributed by atoms with Crippen molar-refractivity contribution in [2.75, 3.05) is 14.2 Å². The lowest BCUT2D eigenvalue weighted by molar-refractivity contribution is 0.112. The first-order valence-corrected chi connectivity index (χ1v) is 6.22. The highest BCUT2D eigenvalue weighted by Gasteiger charge is 2.02. The number of carbonyl (C=O) groups excluding carboxylic acids is 1. The summed E-state index contributed by atoms with van der Waals surface area (Å²) >= 11 is 0. The van der Waals surface area contributed by atoms with Crippen molar-refractivity contribution in [3.8, 4) is 11.5 Å². The largest absolute Gasteiger partial charge is 0.493 e. The van der Waals surface area contributed by atoms with Crippen LogP contribution in [0.2, 0.25) is 0 Å². The molecular weight excluding hydrogens is 252 g/mol. The van der Waals surface area contributed by atoms with E-state index in [1.807, 2.05) is 42.5 Å². The number of aldehydes is 1. The molecule has 2 aromatic rings. The van der Waals surface area contributed by atoms with Crippen molar-refractivity contribution >= 4 is 18.4 Å². The van der Waals surface area contributed by atoms with Crippen LogP contribution in [0.4, 0.5) is 0 Å². The van der Waals surface area contributed by atoms with Crippen LogP contribution >= 0.6 is 0 Å². The number of rotatable bonds is 5. The molecular formula is C17H16O3. The van der Waals surface area contributed by atoms with Crippen LogP contribution in [0.3, 0.4) is 0 Å². The van der Waals surface area contributed by atoms with Crippen molar-refractivity contribution in [3.63, 3.8) is 0 Å². The zero-order valence-electron chi connectivity index (χ0n) is 11.5. The predicted molar refractivity (Wildman–Crippen MR) is 80.3 cm³/mol. The topological polar surface area (TPSA) is 35.5 Å². The van der Waals surface area contributed by atoms with E-state index in [1.54, 1.807) is 26.4 Å². The van der Waals surface area contributed by atoms with Crippen LogP contribution in [-0.4, -0.2) is 20.5 Å². The molecule has 0 amide bonds. The van der Waals surface area contributed by atoms with Crippen molar-refractivity contribution in [1.82, 2.24) is 0 Å². The summed E-state index contributed by atoms with van der Waals surface area (Å²) in [5.74, 6) is 1.41. The van der Waals surface area contributed by atoms with Gasteiger partial charge in [0.25, 0.3) is 0 Å². The third-order valence-corrected chi connectivity index (χ3v) is 2.95. The van der Waals surface area contributed by atoms with Crippen LogP contribution in [0, 0.1) is 0 Å². The smallest absolute Gasteiger partial charge is 0.161 e. The molecule has 0 saturated heterocycles. The first-order chi connectivity index (χ1) is 9.76. The van der Waals surface area contributed by atoms with Gasteiger partial charge >= 0.3 is 0 Å². The molecule has 3 heteroatoms. The maximum absolute atomic E-state index is 10.6. The van der Waals surface area contributed by atoms with Crippen LogP contribution in [0.25, 0.3) is 12.2 Å². The Morgan fingerprint density at radius 1 is 0.750 bits per heavy atom. The fraction of sp³-hybridized carbons (Fsp3) is 0.118. The van der Waals surface area contributed by atoms with E-state index in [9.17, 15) is 4.79 Å². The first-order valence-electron chi connectivity index (χ1n) is 6.22. The van der Waals surface area contributed by atoms with Gasteiger partial charge in [0.2, 0.25) is 0 Å². The molecule has 0 fully saturated rings. The Bertz CT molecular complexity index is 613. The van der Waals surface area contributed by atoms with Crippen LogP contribution < -0.4 is 9.47 Å². The number of hydrogen-bond donors (Lipinski definition) is 0. The lowest BCUT2D eigenvalue weighted by Crippen LogP contribution is -1.90. The van der Waals surface area contributed by atoms with Crippen LogP contribution in [0.1, 0.15) is 21.5 Å². The molecule has 0 atom stereocenters. The first kappa shape index (κ1) is 13.9. The summed E-state index contributed by atoms with van der Waals surface area (Å²) in [6.45, 7) is 0. The molecule has 0 aliphatic rings. The Morgan fingerprint density at radius 3 is 1.90 bits per heavy atom. The maximum Gasteiger partial charge on any atom is 0.161 e. The molecule has 3 nitrogen and oxygen atoms in total. The summed E-state index contributed by atoms with van der Waals surface area (Å²) in [5, 5.41) is 0. The number of hydrogen-bond acceptors (Lipinski definition) is 3. The van der Waals surface area contributed by atoms with E-state index < -0.39 is 0 Å². The third kappa shape index (κ3) is 3.26. The van der Waals surface area contributed by atoms with E-state index in [4.69, 9.17) is 9.47 Å². The highest BCUT2D eigenvalue weighted by molar-refractivity contribution is 5.77. The lowest BCUT2D eigenvalue weighted by atomic mass is 10.1. The normalized spacial score (nSPS) is 10.5. The Balaban J connectivity index is 2.19. The molecule has 0 radical (unpaired) electrons. The standard InChI is InChI=1S/C17H16O3/c1-19-16-10-9-14(11-17(16)20-2)6-3-13-4-7-15(12-18)8-5-13/h3-12H,1-2H3. The van der Waals surface area contributed by atoms with E-state index in [0.717, 1.165) is 17.4 Å². The third-order valence-electron chi connectivity index (χ3n) is 2.95. The average molecular weight is 268 g/mol. The number of ether oxygens (including phenoxy) is 2. The number of methoxy groups -OCH3 is 2. The van der Waals surface area contributed by atoms with E-state index >= 15 is 0 Å². The van der Waals surface area contributed by atoms with Gasteiger partial charge in [-0.2, -0.15) is 0 Å². The summed E-state index contributed by atoms with van der Waals surface area (Å²) in [4.78, 5) is 10.6. The monoisotopic (exact) mass is 268 g/mol. The quantitative estimate of drug-likeness (QED) is 0.613. The summed E-state index contributed by atoms with van der Waals surface area (Å²) in [6.07, 6.45) is 4.80. The molecule has 102 valence electrons. The summed E-state index contributed by atoms with van der Waals surface area (Å²) in [6, 6.07) is 13.1. The zero-order valence-corrected chi connectivity index (χ0v) is 11.5. The van der Waals surface area contributed by atoms with Crippen LogP contribution in [-0.2, 0) is 0 Å². The molecule has 2 aromatic carbocycles. The van der Waals surface area contributed by atoms with Crippen molar-refractivity contribution in [3.05, 3.63) is 59.2 Å². The van der Waals surface area contributed by atoms with E-state index in [1.165, 1.54) is 0 Å². The van der Waals surface area contributed by atoms with E-state index in [0.29, 0.717) is 17.1 Å². The van der Waals surface area contributed by atoms with Crippen molar-refractivity contribution in [1.29, 1.82) is 0 Å². The minimum atomic E-state index is 0.674. The Kier molecular flexibility index (Phi) is 4.56. The molecule has 0 bridgehead atoms. The molecule has 0 aromatic heterocycles. The molecule has 0 unspecified atom stereocenters. The molecule has 0 N–H and O–H groups in total. The summed E-state index contributed by atoms with van der Waals surface area (Å²) in [7, 11) is 3.23. The SMILES string of the molecule is COc1ccc(C=Cc2ccc(C=O)cc2)cc1OC. The van der Waals surface area contributed by atoms with Crippen molar-refractivity contribution in [2.45, 2.75) is 0 Å². The molecule has 0 aliphatic heterocycles. The molecule has 0 heterocycles. The molecule has 2 rings (SSSR count). The predicted octanol–water partition coefficient (Wildman–Crippen LogP) is 3.69. The Labute approximate surface area is 118 Å². The van der Waals surface area contributed by atoms with Gasteiger partial charge in [-0.25, -0.2) is 0 Å². The minimum Gasteiger partial charge on any atom is -0.493 e. The summed E-state index contributed by atoms with van der Waals surface area (Å²) < 4.78 is 10.5. The molecule has 0 spiro atoms. The average Bonchev–Trinajstić information content (AvgIpc) is 2.53. The second kappa shape index (κ2) is 6.57. The Hall–Kier alpha value is -2.55. The zero-order chi connectivity index (χ0) is 14.4. The van der Waals surface area contributed by atoms with Gasteiger partial charge < -0.3 is 9.47 Å². The lowest BCUT2D eigenvalue weighted by Gasteiger charge is -2.07. The van der Waals surface area contributed by atoms with Gasteiger partial charge in [0.15, 0.2) is 11.5 Å². The van der Waals surface area contributed by atoms with Gasteiger partial charge in [-0.1, -0.05) is 42.5 Å². The number of carbonyl (C=O) groups is 1. The highest BCUT2D eigenvalue weighted by Crippen LogP contribution is 2.28. The van der Waals surface area contributed by atoms with Crippen LogP contribution in [0.5, 0.6) is 11.5 Å². The van der Waals surface area contributed by atoms with Gasteiger partial charge in [-0.15, -0.1) is 0 Å². The molecule has 20 heavy (non-hydrogen) atoms. The summed E-state index contributed by atoms with van der Waals surface area (Å²) in [5.41, 5.74) is 2.72. The van der Waals surface area contributed by atoms with Crippen LogP contribution in [0.15, 0.2) is 42.5 Å². The van der Waals surface area contributed by atoms with Gasteiger partial charge in [-0.05, 0) is 23.3 Å². The van der Waals surface area contributed by atoms with Gasteiger partial charge in [-0.3, -0.25) is 4.79 Å². The van der Waals surface area contributed by atoms with Gasteiger partial charge in [0.1, 0.15) is 6.29 Å². The second-order valence-electron chi connectivity index (χ2n) is 4.23. The highest BCUT2D eigenvalue weighted by atomic mass is 16.5. The maximum atomic E-state index is 10.6. The number of benzene rings is 2. The van der Waals surface area contributed by atoms with Gasteiger partial charge in [0.05, 0.1) is 14.2 Å². The Morgan fingerprint density at radius 2 is 1.30 bits per heavy atom. The second-order valence-corrected chi connectivity index (χ2v) is 4.23. The van der Waals surface area contributed by atoms with E-state index in [2.05, 4.69) is 0 Å². The van der Waals surface area contributed by atoms with Crippen molar-refractivity contribution in [2.24, 2.45) is 0 Å². The van der Waals surface area contributed by atoms with Crippen molar-refractivity contribution < 1.29 is 14.3 Å². The molecule has 0 saturated carbocycles. The minimum absolute atomic E-state index is 0.674. The fourth-order valence-electron chi connectivity index (χ4n) is 1.83. The fourth-order valence-corrected chi connectivity index (χ4v) is 1.83.